The lowest BCUT2D eigenvalue weighted by Crippen LogP contribution is -2.41. The molecule has 0 spiro atoms. The lowest BCUT2D eigenvalue weighted by molar-refractivity contribution is -0.138. The van der Waals surface area contributed by atoms with E-state index < -0.39 is 52.5 Å². The fraction of sp³-hybridized carbons (Fsp3) is 0.234. The molecule has 0 aliphatic carbocycles. The van der Waals surface area contributed by atoms with E-state index in [9.17, 15) is 55.1 Å². The van der Waals surface area contributed by atoms with Crippen molar-refractivity contribution < 1.29 is 45.4 Å². The van der Waals surface area contributed by atoms with Crippen LogP contribution in [0.4, 0.5) is 26.3 Å². The van der Waals surface area contributed by atoms with E-state index in [1.165, 1.54) is 47.5 Å². The maximum absolute atomic E-state index is 13.4. The van der Waals surface area contributed by atoms with E-state index in [2.05, 4.69) is 20.3 Å². The average Bonchev–Trinajstić information content (AvgIpc) is 3.90. The van der Waals surface area contributed by atoms with Gasteiger partial charge in [-0.15, -0.1) is 11.6 Å². The van der Waals surface area contributed by atoms with E-state index >= 15 is 0 Å². The van der Waals surface area contributed by atoms with Crippen LogP contribution in [0.1, 0.15) is 35.6 Å². The quantitative estimate of drug-likeness (QED) is 0.0887. The molecule has 384 valence electrons. The smallest absolute Gasteiger partial charge is 0.416 e. The second kappa shape index (κ2) is 22.8. The van der Waals surface area contributed by atoms with Gasteiger partial charge >= 0.3 is 35.8 Å². The van der Waals surface area contributed by atoms with Gasteiger partial charge in [-0.2, -0.15) is 36.3 Å². The molecule has 0 saturated heterocycles. The van der Waals surface area contributed by atoms with E-state index in [0.29, 0.717) is 15.6 Å². The van der Waals surface area contributed by atoms with Crippen LogP contribution >= 0.6 is 34.8 Å². The number of ether oxygens (including phenoxy) is 2. The molecule has 1 amide bonds. The van der Waals surface area contributed by atoms with Crippen molar-refractivity contribution >= 4 is 68.8 Å². The first-order valence-corrected chi connectivity index (χ1v) is 22.6. The van der Waals surface area contributed by atoms with Crippen molar-refractivity contribution in [3.63, 3.8) is 0 Å². The number of amides is 1. The van der Waals surface area contributed by atoms with Gasteiger partial charge < -0.3 is 14.8 Å². The van der Waals surface area contributed by atoms with E-state index in [4.69, 9.17) is 44.3 Å². The number of carbonyl (C=O) groups is 2. The van der Waals surface area contributed by atoms with Crippen LogP contribution in [0.25, 0.3) is 22.3 Å². The van der Waals surface area contributed by atoms with E-state index in [-0.39, 0.29) is 82.9 Å². The van der Waals surface area contributed by atoms with Gasteiger partial charge in [-0.05, 0) is 71.8 Å². The Kier molecular flexibility index (Phi) is 17.1. The minimum Gasteiger partial charge on any atom is -0.425 e. The second-order valence-electron chi connectivity index (χ2n) is 15.6. The number of carbonyl (C=O) groups excluding carboxylic acids is 2. The number of rotatable bonds is 12. The molecule has 0 radical (unpaired) electrons. The van der Waals surface area contributed by atoms with Crippen LogP contribution in [0.15, 0.2) is 116 Å². The predicted octanol–water partition coefficient (Wildman–Crippen LogP) is 8.30. The Morgan fingerprint density at radius 1 is 0.671 bits per heavy atom. The highest BCUT2D eigenvalue weighted by Gasteiger charge is 2.32. The van der Waals surface area contributed by atoms with Crippen LogP contribution in [0.2, 0.25) is 10.0 Å². The number of nitrogens with zero attached hydrogens (tertiary/aromatic N) is 7. The van der Waals surface area contributed by atoms with E-state index in [1.54, 1.807) is 62.5 Å². The fourth-order valence-electron chi connectivity index (χ4n) is 6.74. The summed E-state index contributed by atoms with van der Waals surface area (Å²) < 4.78 is 95.9. The lowest BCUT2D eigenvalue weighted by Gasteiger charge is -2.12. The molecule has 4 aromatic heterocycles. The van der Waals surface area contributed by atoms with E-state index in [0.717, 1.165) is 43.5 Å². The third-order valence-electron chi connectivity index (χ3n) is 10.5. The number of hydrogen-bond donors (Lipinski definition) is 2. The summed E-state index contributed by atoms with van der Waals surface area (Å²) in [7, 11) is 4.34. The molecule has 0 fully saturated rings. The monoisotopic (exact) mass is 1080 g/mol. The Balaban J connectivity index is 0.000000216. The molecule has 4 aromatic carbocycles. The number of Topliss-reactive ketones (excluding diaryl/α,β-unsaturated/α-hetero) is 1. The van der Waals surface area contributed by atoms with Crippen LogP contribution in [-0.2, 0) is 55.7 Å². The van der Waals surface area contributed by atoms with Crippen molar-refractivity contribution in [3.8, 4) is 23.5 Å². The first-order valence-electron chi connectivity index (χ1n) is 21.3. The van der Waals surface area contributed by atoms with Gasteiger partial charge in [0.2, 0.25) is 5.91 Å². The average molecular weight is 1080 g/mol. The Hall–Kier alpha value is -7.63. The van der Waals surface area contributed by atoms with Crippen LogP contribution in [0.3, 0.4) is 0 Å². The SMILES string of the molecule is CCC(=O)Cn1c(=O)c2c(nc(Oc3cccc(C(F)(F)F)c3)n2Cc2ccc(Cl)cc2)n(C)c1=O.CNC(=O)CCl.Cn1c(=O)[nH]c(=O)c2c1nc(Oc1cccc(C(F)(F)F)c1)n2Cc1ccc(Cl)cc1. The largest absolute Gasteiger partial charge is 0.425 e. The minimum atomic E-state index is -4.59. The molecule has 0 aliphatic rings. The number of hydrogen-bond acceptors (Lipinski definition) is 10. The van der Waals surface area contributed by atoms with Crippen LogP contribution in [-0.4, -0.2) is 62.4 Å². The summed E-state index contributed by atoms with van der Waals surface area (Å²) in [5.74, 6) is -0.696. The third kappa shape index (κ3) is 13.1. The summed E-state index contributed by atoms with van der Waals surface area (Å²) in [6, 6.07) is 21.6. The number of fused-ring (bicyclic) bond motifs is 2. The molecule has 17 nitrogen and oxygen atoms in total. The Morgan fingerprint density at radius 3 is 1.53 bits per heavy atom. The zero-order chi connectivity index (χ0) is 53.5. The highest BCUT2D eigenvalue weighted by molar-refractivity contribution is 6.30. The zero-order valence-corrected chi connectivity index (χ0v) is 40.8. The summed E-state index contributed by atoms with van der Waals surface area (Å²) in [5.41, 5.74) is -3.32. The molecule has 2 N–H and O–H groups in total. The lowest BCUT2D eigenvalue weighted by atomic mass is 10.2. The van der Waals surface area contributed by atoms with Crippen LogP contribution in [0, 0.1) is 0 Å². The number of halogens is 9. The van der Waals surface area contributed by atoms with Gasteiger partial charge in [-0.3, -0.25) is 47.0 Å². The number of benzene rings is 4. The molecule has 8 rings (SSSR count). The number of ketones is 1. The summed E-state index contributed by atoms with van der Waals surface area (Å²) >= 11 is 16.9. The molecule has 0 saturated carbocycles. The van der Waals surface area contributed by atoms with Crippen LogP contribution < -0.4 is 37.3 Å². The van der Waals surface area contributed by atoms with Gasteiger partial charge in [0.05, 0.1) is 30.8 Å². The second-order valence-corrected chi connectivity index (χ2v) is 16.7. The fourth-order valence-corrected chi connectivity index (χ4v) is 7.12. The van der Waals surface area contributed by atoms with Crippen molar-refractivity contribution in [2.24, 2.45) is 14.1 Å². The first kappa shape index (κ1) is 54.7. The van der Waals surface area contributed by atoms with Crippen molar-refractivity contribution in [1.29, 1.82) is 0 Å². The van der Waals surface area contributed by atoms with Gasteiger partial charge in [-0.25, -0.2) is 9.59 Å². The van der Waals surface area contributed by atoms with Gasteiger partial charge in [0, 0.05) is 37.6 Å². The Bertz CT molecular complexity index is 3560. The van der Waals surface area contributed by atoms with E-state index in [1.807, 2.05) is 0 Å². The van der Waals surface area contributed by atoms with Crippen molar-refractivity contribution in [2.75, 3.05) is 12.9 Å². The molecule has 0 atom stereocenters. The first-order chi connectivity index (χ1) is 34.4. The maximum Gasteiger partial charge on any atom is 0.416 e. The molecule has 73 heavy (non-hydrogen) atoms. The number of aryl methyl sites for hydroxylation is 2. The summed E-state index contributed by atoms with van der Waals surface area (Å²) in [6.07, 6.45) is -9.02. The third-order valence-corrected chi connectivity index (χ3v) is 11.3. The summed E-state index contributed by atoms with van der Waals surface area (Å²) in [5, 5.41) is 3.34. The van der Waals surface area contributed by atoms with Gasteiger partial charge in [0.1, 0.15) is 17.4 Å². The minimum absolute atomic E-state index is 0.0249. The topological polar surface area (TPSA) is 199 Å². The standard InChI is InChI=1S/C24H20ClF3N4O4.C20H14ClF3N4O3.C3H6ClNO/c1-3-17(33)13-32-21(34)19-20(30(2)23(32)35)29-22(31(19)12-14-7-9-16(25)10-8-14)36-18-6-4-5-15(11-18)24(26,27)28;1-27-16-15(17(29)26-18(27)30)28(10-11-5-7-13(21)8-6-11)19(25-16)31-14-4-2-3-12(9-14)20(22,23)24;1-5-3(6)2-4/h4-11H,3,12-13H2,1-2H3;2-9H,10H2,1H3,(H,26,29,30);2H2,1H3,(H,5,6). The highest BCUT2D eigenvalue weighted by Crippen LogP contribution is 2.35. The Labute approximate surface area is 422 Å². The maximum atomic E-state index is 13.4. The summed E-state index contributed by atoms with van der Waals surface area (Å²) in [6.45, 7) is 1.32. The number of aromatic nitrogens is 8. The molecule has 0 aliphatic heterocycles. The predicted molar refractivity (Wildman–Crippen MR) is 259 cm³/mol. The molecule has 4 heterocycles. The van der Waals surface area contributed by atoms with Gasteiger partial charge in [0.25, 0.3) is 11.1 Å². The molecule has 8 aromatic rings. The molecule has 0 unspecified atom stereocenters. The number of aromatic amines is 1. The van der Waals surface area contributed by atoms with Gasteiger partial charge in [0.15, 0.2) is 28.1 Å². The zero-order valence-electron chi connectivity index (χ0n) is 38.6. The molecular weight excluding hydrogens is 1040 g/mol. The number of alkyl halides is 7. The number of imidazole rings is 2. The molecule has 0 bridgehead atoms. The molecule has 26 heteroatoms. The van der Waals surface area contributed by atoms with Crippen LogP contribution in [0.5, 0.6) is 23.5 Å². The Morgan fingerprint density at radius 2 is 1.12 bits per heavy atom. The normalized spacial score (nSPS) is 11.4. The van der Waals surface area contributed by atoms with Gasteiger partial charge in [-0.1, -0.05) is 66.5 Å². The molecular formula is C47H40Cl3F6N9O8. The van der Waals surface area contributed by atoms with Crippen molar-refractivity contribution in [1.82, 2.24) is 43.1 Å². The highest BCUT2D eigenvalue weighted by atomic mass is 35.5. The van der Waals surface area contributed by atoms with Crippen molar-refractivity contribution in [3.05, 3.63) is 171 Å². The number of H-pyrrole nitrogens is 1. The number of nitrogens with one attached hydrogen (secondary N) is 2. The van der Waals surface area contributed by atoms with Crippen molar-refractivity contribution in [2.45, 2.75) is 45.3 Å². The summed E-state index contributed by atoms with van der Waals surface area (Å²) in [4.78, 5) is 83.3.